The van der Waals surface area contributed by atoms with E-state index < -0.39 is 6.36 Å². The van der Waals surface area contributed by atoms with Gasteiger partial charge in [0, 0.05) is 17.7 Å². The number of hydrogen-bond donors (Lipinski definition) is 0. The number of aromatic nitrogens is 1. The summed E-state index contributed by atoms with van der Waals surface area (Å²) in [5.41, 5.74) is 1.67. The summed E-state index contributed by atoms with van der Waals surface area (Å²) in [4.78, 5) is 4.67. The first kappa shape index (κ1) is 22.6. The maximum absolute atomic E-state index is 12.5. The van der Waals surface area contributed by atoms with Crippen molar-refractivity contribution >= 4 is 0 Å². The maximum Gasteiger partial charge on any atom is 0.573 e. The van der Waals surface area contributed by atoms with E-state index in [-0.39, 0.29) is 17.6 Å². The van der Waals surface area contributed by atoms with Crippen LogP contribution < -0.4 is 18.9 Å². The zero-order chi connectivity index (χ0) is 21.6. The Morgan fingerprint density at radius 1 is 0.931 bits per heavy atom. The molecular weight excluding hydrogens is 387 g/mol. The fourth-order valence-corrected chi connectivity index (χ4v) is 2.92. The van der Waals surface area contributed by atoms with Crippen molar-refractivity contribution in [3.63, 3.8) is 0 Å². The normalized spacial score (nSPS) is 11.5. The van der Waals surface area contributed by atoms with Gasteiger partial charge in [-0.15, -0.1) is 13.2 Å². The molecule has 0 aliphatic rings. The van der Waals surface area contributed by atoms with Crippen LogP contribution in [0.25, 0.3) is 11.3 Å². The standard InChI is InChI=1S/C21H26F3NO4/c1-6-13(7-2)28-18-12-19(27-5)20(25-16(18)8-3)15-10-9-14(11-17(15)26-4)29-21(22,23)24/h9-13H,6-8H2,1-5H3. The Morgan fingerprint density at radius 3 is 2.10 bits per heavy atom. The van der Waals surface area contributed by atoms with E-state index in [0.717, 1.165) is 18.5 Å². The predicted molar refractivity (Wildman–Crippen MR) is 104 cm³/mol. The van der Waals surface area contributed by atoms with Crippen molar-refractivity contribution in [3.05, 3.63) is 30.0 Å². The molecule has 0 radical (unpaired) electrons. The van der Waals surface area contributed by atoms with E-state index in [0.29, 0.717) is 29.2 Å². The number of hydrogen-bond acceptors (Lipinski definition) is 5. The van der Waals surface area contributed by atoms with E-state index in [4.69, 9.17) is 14.2 Å². The Balaban J connectivity index is 2.53. The molecule has 0 N–H and O–H groups in total. The molecule has 0 atom stereocenters. The molecule has 2 rings (SSSR count). The molecule has 0 spiro atoms. The minimum absolute atomic E-state index is 0.0611. The van der Waals surface area contributed by atoms with Crippen LogP contribution in [0.2, 0.25) is 0 Å². The highest BCUT2D eigenvalue weighted by Gasteiger charge is 2.31. The smallest absolute Gasteiger partial charge is 0.496 e. The summed E-state index contributed by atoms with van der Waals surface area (Å²) in [5.74, 6) is 0.887. The molecule has 5 nitrogen and oxygen atoms in total. The number of methoxy groups -OCH3 is 2. The molecule has 0 saturated heterocycles. The first-order chi connectivity index (χ1) is 13.8. The molecular formula is C21H26F3NO4. The van der Waals surface area contributed by atoms with Crippen molar-refractivity contribution in [2.24, 2.45) is 0 Å². The largest absolute Gasteiger partial charge is 0.573 e. The number of nitrogens with zero attached hydrogens (tertiary/aromatic N) is 1. The van der Waals surface area contributed by atoms with Gasteiger partial charge in [0.2, 0.25) is 0 Å². The monoisotopic (exact) mass is 413 g/mol. The van der Waals surface area contributed by atoms with Crippen molar-refractivity contribution in [1.29, 1.82) is 0 Å². The molecule has 0 aliphatic carbocycles. The van der Waals surface area contributed by atoms with Gasteiger partial charge in [-0.2, -0.15) is 0 Å². The van der Waals surface area contributed by atoms with Gasteiger partial charge in [-0.05, 0) is 31.4 Å². The Bertz CT molecular complexity index is 820. The van der Waals surface area contributed by atoms with Gasteiger partial charge in [-0.25, -0.2) is 4.98 Å². The first-order valence-corrected chi connectivity index (χ1v) is 9.44. The highest BCUT2D eigenvalue weighted by Crippen LogP contribution is 2.40. The highest BCUT2D eigenvalue weighted by molar-refractivity contribution is 5.74. The molecule has 0 unspecified atom stereocenters. The summed E-state index contributed by atoms with van der Waals surface area (Å²) in [6.07, 6.45) is -2.39. The summed E-state index contributed by atoms with van der Waals surface area (Å²) in [7, 11) is 2.87. The predicted octanol–water partition coefficient (Wildman–Crippen LogP) is 5.79. The third-order valence-electron chi connectivity index (χ3n) is 4.45. The molecule has 0 saturated carbocycles. The zero-order valence-electron chi connectivity index (χ0n) is 17.2. The Hall–Kier alpha value is -2.64. The summed E-state index contributed by atoms with van der Waals surface area (Å²) in [5, 5.41) is 0. The van der Waals surface area contributed by atoms with E-state index in [9.17, 15) is 13.2 Å². The van der Waals surface area contributed by atoms with Crippen LogP contribution in [-0.4, -0.2) is 31.7 Å². The number of ether oxygens (including phenoxy) is 4. The van der Waals surface area contributed by atoms with Crippen LogP contribution in [0, 0.1) is 0 Å². The van der Waals surface area contributed by atoms with Gasteiger partial charge in [-0.1, -0.05) is 20.8 Å². The molecule has 2 aromatic rings. The fourth-order valence-electron chi connectivity index (χ4n) is 2.92. The maximum atomic E-state index is 12.5. The Morgan fingerprint density at radius 2 is 1.59 bits per heavy atom. The molecule has 1 heterocycles. The highest BCUT2D eigenvalue weighted by atomic mass is 19.4. The van der Waals surface area contributed by atoms with Crippen LogP contribution >= 0.6 is 0 Å². The van der Waals surface area contributed by atoms with Gasteiger partial charge in [0.05, 0.1) is 26.0 Å². The van der Waals surface area contributed by atoms with Gasteiger partial charge < -0.3 is 18.9 Å². The summed E-state index contributed by atoms with van der Waals surface area (Å²) in [6, 6.07) is 5.61. The van der Waals surface area contributed by atoms with Crippen LogP contribution in [-0.2, 0) is 6.42 Å². The molecule has 1 aromatic heterocycles. The third-order valence-corrected chi connectivity index (χ3v) is 4.45. The number of pyridine rings is 1. The number of alkyl halides is 3. The number of rotatable bonds is 9. The summed E-state index contributed by atoms with van der Waals surface area (Å²) >= 11 is 0. The second kappa shape index (κ2) is 9.71. The Labute approximate surface area is 168 Å². The van der Waals surface area contributed by atoms with E-state index in [2.05, 4.69) is 9.72 Å². The zero-order valence-corrected chi connectivity index (χ0v) is 17.2. The van der Waals surface area contributed by atoms with Gasteiger partial charge >= 0.3 is 6.36 Å². The lowest BCUT2D eigenvalue weighted by atomic mass is 10.1. The van der Waals surface area contributed by atoms with E-state index >= 15 is 0 Å². The summed E-state index contributed by atoms with van der Waals surface area (Å²) in [6.45, 7) is 6.05. The lowest BCUT2D eigenvalue weighted by molar-refractivity contribution is -0.274. The molecule has 0 fully saturated rings. The van der Waals surface area contributed by atoms with Crippen LogP contribution in [0.4, 0.5) is 13.2 Å². The minimum atomic E-state index is -4.79. The van der Waals surface area contributed by atoms with Crippen LogP contribution in [0.3, 0.4) is 0 Å². The van der Waals surface area contributed by atoms with Crippen molar-refractivity contribution < 1.29 is 32.1 Å². The first-order valence-electron chi connectivity index (χ1n) is 9.44. The second-order valence-corrected chi connectivity index (χ2v) is 6.30. The number of benzene rings is 1. The van der Waals surface area contributed by atoms with E-state index in [1.165, 1.54) is 32.4 Å². The van der Waals surface area contributed by atoms with Crippen LogP contribution in [0.5, 0.6) is 23.0 Å². The average Bonchev–Trinajstić information content (AvgIpc) is 2.70. The quantitative estimate of drug-likeness (QED) is 0.520. The Kier molecular flexibility index (Phi) is 7.59. The fraction of sp³-hybridized carbons (Fsp3) is 0.476. The van der Waals surface area contributed by atoms with Crippen molar-refractivity contribution in [2.45, 2.75) is 52.5 Å². The van der Waals surface area contributed by atoms with Gasteiger partial charge in [-0.3, -0.25) is 0 Å². The topological polar surface area (TPSA) is 49.8 Å². The number of aryl methyl sites for hydroxylation is 1. The molecule has 160 valence electrons. The van der Waals surface area contributed by atoms with Crippen molar-refractivity contribution in [3.8, 4) is 34.3 Å². The van der Waals surface area contributed by atoms with Crippen LogP contribution in [0.15, 0.2) is 24.3 Å². The van der Waals surface area contributed by atoms with Crippen molar-refractivity contribution in [1.82, 2.24) is 4.98 Å². The summed E-state index contributed by atoms with van der Waals surface area (Å²) < 4.78 is 58.4. The third kappa shape index (κ3) is 5.68. The molecule has 0 aliphatic heterocycles. The minimum Gasteiger partial charge on any atom is -0.496 e. The van der Waals surface area contributed by atoms with Gasteiger partial charge in [0.15, 0.2) is 0 Å². The van der Waals surface area contributed by atoms with Crippen LogP contribution in [0.1, 0.15) is 39.3 Å². The molecule has 1 aromatic carbocycles. The lowest BCUT2D eigenvalue weighted by Crippen LogP contribution is -2.17. The number of halogens is 3. The average molecular weight is 413 g/mol. The van der Waals surface area contributed by atoms with Gasteiger partial charge in [0.1, 0.15) is 28.7 Å². The van der Waals surface area contributed by atoms with Crippen molar-refractivity contribution in [2.75, 3.05) is 14.2 Å². The van der Waals surface area contributed by atoms with E-state index in [1.807, 2.05) is 20.8 Å². The van der Waals surface area contributed by atoms with Gasteiger partial charge in [0.25, 0.3) is 0 Å². The SMILES string of the molecule is CCc1nc(-c2ccc(OC(F)(F)F)cc2OC)c(OC)cc1OC(CC)CC. The molecule has 0 amide bonds. The second-order valence-electron chi connectivity index (χ2n) is 6.30. The lowest BCUT2D eigenvalue weighted by Gasteiger charge is -2.20. The molecule has 0 bridgehead atoms. The molecule has 29 heavy (non-hydrogen) atoms. The molecule has 8 heteroatoms. The van der Waals surface area contributed by atoms with E-state index in [1.54, 1.807) is 6.07 Å².